The number of hydrogen-bond acceptors (Lipinski definition) is 0. The maximum absolute atomic E-state index is 2.21. The lowest BCUT2D eigenvalue weighted by Crippen LogP contribution is -2.30. The molecule has 1 heterocycles. The van der Waals surface area contributed by atoms with Crippen LogP contribution >= 0.6 is 0 Å². The van der Waals surface area contributed by atoms with E-state index in [-0.39, 0.29) is 18.8 Å². The maximum atomic E-state index is 2.21. The van der Waals surface area contributed by atoms with Gasteiger partial charge in [-0.15, -0.1) is 0 Å². The molecule has 2 nitrogen and oxygen atoms in total. The smallest absolute Gasteiger partial charge is 0.243 e. The molecule has 0 radical (unpaired) electrons. The van der Waals surface area contributed by atoms with Gasteiger partial charge in [-0.25, -0.2) is 9.13 Å². The molecular weight excluding hydrogens is 200 g/mol. The van der Waals surface area contributed by atoms with Crippen molar-refractivity contribution in [3.63, 3.8) is 0 Å². The molecule has 1 aromatic heterocycles. The van der Waals surface area contributed by atoms with Gasteiger partial charge in [-0.05, 0) is 6.42 Å². The molecule has 0 unspecified atom stereocenters. The SMILES string of the molecule is CCCC[n+]1ccn(C)c1.F.F.F.F. The fourth-order valence-corrected chi connectivity index (χ4v) is 0.975. The normalized spacial score (nSPS) is 7.29. The van der Waals surface area contributed by atoms with Crippen molar-refractivity contribution in [1.29, 1.82) is 0 Å². The zero-order valence-corrected chi connectivity index (χ0v) is 8.38. The van der Waals surface area contributed by atoms with Gasteiger partial charge in [0.15, 0.2) is 0 Å². The van der Waals surface area contributed by atoms with Crippen LogP contribution in [0.2, 0.25) is 0 Å². The van der Waals surface area contributed by atoms with Crippen molar-refractivity contribution in [2.75, 3.05) is 0 Å². The van der Waals surface area contributed by atoms with Crippen LogP contribution in [-0.2, 0) is 13.6 Å². The Morgan fingerprint density at radius 1 is 1.14 bits per heavy atom. The first-order valence-electron chi connectivity index (χ1n) is 3.84. The summed E-state index contributed by atoms with van der Waals surface area (Å²) < 4.78 is 4.28. The lowest BCUT2D eigenvalue weighted by molar-refractivity contribution is -0.696. The van der Waals surface area contributed by atoms with Crippen LogP contribution in [0.5, 0.6) is 0 Å². The summed E-state index contributed by atoms with van der Waals surface area (Å²) in [5.74, 6) is 0. The van der Waals surface area contributed by atoms with Crippen molar-refractivity contribution >= 4 is 0 Å². The van der Waals surface area contributed by atoms with E-state index in [2.05, 4.69) is 34.8 Å². The third-order valence-corrected chi connectivity index (χ3v) is 1.59. The van der Waals surface area contributed by atoms with E-state index in [1.54, 1.807) is 0 Å². The zero-order chi connectivity index (χ0) is 7.40. The minimum Gasteiger partial charge on any atom is -0.269 e. The van der Waals surface area contributed by atoms with Crippen LogP contribution in [0, 0.1) is 0 Å². The molecule has 0 aromatic carbocycles. The number of halogens is 4. The molecular formula is C8H19F4N2+. The van der Waals surface area contributed by atoms with Gasteiger partial charge in [0.25, 0.3) is 0 Å². The van der Waals surface area contributed by atoms with Gasteiger partial charge in [-0.2, -0.15) is 0 Å². The van der Waals surface area contributed by atoms with Gasteiger partial charge in [-0.1, -0.05) is 13.3 Å². The summed E-state index contributed by atoms with van der Waals surface area (Å²) in [5, 5.41) is 0. The fourth-order valence-electron chi connectivity index (χ4n) is 0.975. The molecule has 0 saturated heterocycles. The Morgan fingerprint density at radius 3 is 2.07 bits per heavy atom. The van der Waals surface area contributed by atoms with Crippen molar-refractivity contribution in [2.24, 2.45) is 7.05 Å². The Balaban J connectivity index is -0.000000125. The van der Waals surface area contributed by atoms with Crippen molar-refractivity contribution in [3.8, 4) is 0 Å². The highest BCUT2D eigenvalue weighted by atomic mass is 19.0. The first kappa shape index (κ1) is 23.1. The standard InChI is InChI=1S/C8H15N2.4FH/c1-3-4-5-10-7-6-9(2)8-10;;;;/h6-8H,3-5H2,1-2H3;4*1H/q+1;;;;. The molecule has 14 heavy (non-hydrogen) atoms. The number of rotatable bonds is 3. The second-order valence-electron chi connectivity index (χ2n) is 2.67. The highest BCUT2D eigenvalue weighted by Gasteiger charge is 1.96. The molecule has 0 saturated carbocycles. The first-order valence-corrected chi connectivity index (χ1v) is 3.84. The monoisotopic (exact) mass is 219 g/mol. The molecule has 6 heteroatoms. The molecule has 0 fully saturated rings. The van der Waals surface area contributed by atoms with Gasteiger partial charge in [0.1, 0.15) is 12.4 Å². The molecule has 0 aliphatic carbocycles. The highest BCUT2D eigenvalue weighted by Crippen LogP contribution is 1.85. The van der Waals surface area contributed by atoms with E-state index >= 15 is 0 Å². The molecule has 0 amide bonds. The number of imidazole rings is 1. The summed E-state index contributed by atoms with van der Waals surface area (Å²) in [7, 11) is 2.04. The number of aryl methyl sites for hydroxylation is 2. The summed E-state index contributed by atoms with van der Waals surface area (Å²) in [4.78, 5) is 0. The number of aromatic nitrogens is 2. The fraction of sp³-hybridized carbons (Fsp3) is 0.625. The van der Waals surface area contributed by atoms with Crippen molar-refractivity contribution < 1.29 is 23.4 Å². The number of nitrogens with zero attached hydrogens (tertiary/aromatic N) is 2. The lowest BCUT2D eigenvalue weighted by atomic mass is 10.3. The molecule has 0 spiro atoms. The summed E-state index contributed by atoms with van der Waals surface area (Å²) in [6.45, 7) is 3.36. The van der Waals surface area contributed by atoms with Gasteiger partial charge in [0, 0.05) is 0 Å². The Bertz CT molecular complexity index is 203. The van der Waals surface area contributed by atoms with E-state index in [9.17, 15) is 0 Å². The first-order chi connectivity index (χ1) is 4.83. The van der Waals surface area contributed by atoms with Crippen molar-refractivity contribution in [1.82, 2.24) is 4.57 Å². The van der Waals surface area contributed by atoms with Crippen LogP contribution in [0.1, 0.15) is 19.8 Å². The third kappa shape index (κ3) is 7.57. The van der Waals surface area contributed by atoms with Gasteiger partial charge < -0.3 is 0 Å². The van der Waals surface area contributed by atoms with E-state index < -0.39 is 0 Å². The quantitative estimate of drug-likeness (QED) is 0.540. The summed E-state index contributed by atoms with van der Waals surface area (Å²) in [6, 6.07) is 0. The second kappa shape index (κ2) is 11.9. The summed E-state index contributed by atoms with van der Waals surface area (Å²) in [6.07, 6.45) is 8.82. The molecule has 0 aliphatic heterocycles. The van der Waals surface area contributed by atoms with Crippen LogP contribution in [-0.4, -0.2) is 4.57 Å². The molecule has 0 aliphatic rings. The van der Waals surface area contributed by atoms with Gasteiger partial charge in [0.2, 0.25) is 6.33 Å². The third-order valence-electron chi connectivity index (χ3n) is 1.59. The number of hydrogen-bond donors (Lipinski definition) is 0. The van der Waals surface area contributed by atoms with Crippen LogP contribution in [0.15, 0.2) is 18.7 Å². The average molecular weight is 219 g/mol. The Morgan fingerprint density at radius 2 is 1.71 bits per heavy atom. The molecule has 88 valence electrons. The van der Waals surface area contributed by atoms with E-state index in [0.29, 0.717) is 0 Å². The lowest BCUT2D eigenvalue weighted by Gasteiger charge is -1.90. The van der Waals surface area contributed by atoms with E-state index in [0.717, 1.165) is 6.54 Å². The Labute approximate surface area is 81.0 Å². The van der Waals surface area contributed by atoms with Crippen LogP contribution in [0.3, 0.4) is 0 Å². The zero-order valence-electron chi connectivity index (χ0n) is 8.38. The van der Waals surface area contributed by atoms with E-state index in [1.165, 1.54) is 12.8 Å². The molecule has 0 atom stereocenters. The Hall–Kier alpha value is -1.07. The van der Waals surface area contributed by atoms with E-state index in [1.807, 2.05) is 7.05 Å². The van der Waals surface area contributed by atoms with Gasteiger partial charge >= 0.3 is 0 Å². The average Bonchev–Trinajstić information content (AvgIpc) is 2.31. The van der Waals surface area contributed by atoms with Crippen LogP contribution in [0.25, 0.3) is 0 Å². The summed E-state index contributed by atoms with van der Waals surface area (Å²) in [5.41, 5.74) is 0. The molecule has 1 aromatic rings. The molecule has 0 N–H and O–H groups in total. The van der Waals surface area contributed by atoms with Crippen LogP contribution in [0.4, 0.5) is 18.8 Å². The van der Waals surface area contributed by atoms with Gasteiger partial charge in [-0.3, -0.25) is 18.8 Å². The molecule has 1 rings (SSSR count). The van der Waals surface area contributed by atoms with Crippen molar-refractivity contribution in [2.45, 2.75) is 26.3 Å². The maximum Gasteiger partial charge on any atom is 0.243 e. The summed E-state index contributed by atoms with van der Waals surface area (Å²) >= 11 is 0. The predicted molar refractivity (Wildman–Crippen MR) is 50.5 cm³/mol. The van der Waals surface area contributed by atoms with E-state index in [4.69, 9.17) is 0 Å². The van der Waals surface area contributed by atoms with Gasteiger partial charge in [0.05, 0.1) is 13.6 Å². The molecule has 0 bridgehead atoms. The Kier molecular flexibility index (Phi) is 19.7. The minimum absolute atomic E-state index is 0. The topological polar surface area (TPSA) is 8.81 Å². The predicted octanol–water partition coefficient (Wildman–Crippen LogP) is 1.72. The van der Waals surface area contributed by atoms with Crippen LogP contribution < -0.4 is 4.57 Å². The highest BCUT2D eigenvalue weighted by molar-refractivity contribution is 4.61. The number of unbranched alkanes of at least 4 members (excludes halogenated alkanes) is 1. The van der Waals surface area contributed by atoms with Crippen molar-refractivity contribution in [3.05, 3.63) is 18.7 Å². The largest absolute Gasteiger partial charge is 0.269 e. The minimum atomic E-state index is 0. The second-order valence-corrected chi connectivity index (χ2v) is 2.67.